The van der Waals surface area contributed by atoms with Gasteiger partial charge in [-0.15, -0.1) is 11.8 Å². The van der Waals surface area contributed by atoms with Crippen molar-refractivity contribution in [1.29, 1.82) is 0 Å². The zero-order chi connectivity index (χ0) is 13.0. The first kappa shape index (κ1) is 13.8. The Morgan fingerprint density at radius 2 is 2.18 bits per heavy atom. The molecule has 94 valence electrons. The molecule has 0 fully saturated rings. The molecule has 0 aromatic heterocycles. The average Bonchev–Trinajstić information content (AvgIpc) is 2.27. The Kier molecular flexibility index (Phi) is 4.81. The number of benzene rings is 1. The van der Waals surface area contributed by atoms with Gasteiger partial charge in [0, 0.05) is 4.90 Å². The third-order valence-electron chi connectivity index (χ3n) is 2.04. The van der Waals surface area contributed by atoms with Crippen LogP contribution < -0.4 is 4.74 Å². The molecule has 0 spiro atoms. The van der Waals surface area contributed by atoms with Gasteiger partial charge in [0.25, 0.3) is 0 Å². The Morgan fingerprint density at radius 3 is 2.65 bits per heavy atom. The number of rotatable bonds is 5. The maximum Gasteiger partial charge on any atom is 0.335 e. The number of carboxylic acids is 1. The van der Waals surface area contributed by atoms with Gasteiger partial charge in [-0.05, 0) is 24.3 Å². The molecule has 3 nitrogen and oxygen atoms in total. The third-order valence-corrected chi connectivity index (χ3v) is 2.78. The summed E-state index contributed by atoms with van der Waals surface area (Å²) in [4.78, 5) is 11.2. The smallest absolute Gasteiger partial charge is 0.335 e. The fourth-order valence-corrected chi connectivity index (χ4v) is 1.73. The van der Waals surface area contributed by atoms with Crippen LogP contribution in [0.4, 0.5) is 4.39 Å². The van der Waals surface area contributed by atoms with Crippen LogP contribution in [-0.2, 0) is 0 Å². The highest BCUT2D eigenvalue weighted by Crippen LogP contribution is 2.29. The van der Waals surface area contributed by atoms with E-state index in [0.717, 1.165) is 11.8 Å². The van der Waals surface area contributed by atoms with Crippen LogP contribution in [0, 0.1) is 11.7 Å². The lowest BCUT2D eigenvalue weighted by Crippen LogP contribution is -2.07. The van der Waals surface area contributed by atoms with Crippen LogP contribution >= 0.6 is 11.8 Å². The van der Waals surface area contributed by atoms with Gasteiger partial charge in [-0.2, -0.15) is 0 Å². The molecule has 1 N–H and O–H groups in total. The van der Waals surface area contributed by atoms with Crippen LogP contribution in [-0.4, -0.2) is 23.9 Å². The van der Waals surface area contributed by atoms with Crippen molar-refractivity contribution in [2.24, 2.45) is 5.92 Å². The molecule has 5 heteroatoms. The van der Waals surface area contributed by atoms with Gasteiger partial charge < -0.3 is 9.84 Å². The van der Waals surface area contributed by atoms with E-state index in [0.29, 0.717) is 6.61 Å². The van der Waals surface area contributed by atoms with Gasteiger partial charge >= 0.3 is 5.97 Å². The lowest BCUT2D eigenvalue weighted by molar-refractivity contribution is 0.0696. The molecule has 0 heterocycles. The Bertz CT molecular complexity index is 418. The second-order valence-corrected chi connectivity index (χ2v) is 4.85. The van der Waals surface area contributed by atoms with E-state index in [-0.39, 0.29) is 22.1 Å². The molecule has 1 aromatic rings. The molecule has 0 aliphatic carbocycles. The number of hydrogen-bond acceptors (Lipinski definition) is 3. The van der Waals surface area contributed by atoms with Crippen molar-refractivity contribution < 1.29 is 19.0 Å². The first-order valence-electron chi connectivity index (χ1n) is 5.19. The Labute approximate surface area is 104 Å². The van der Waals surface area contributed by atoms with Crippen molar-refractivity contribution in [1.82, 2.24) is 0 Å². The van der Waals surface area contributed by atoms with Crippen molar-refractivity contribution in [3.63, 3.8) is 0 Å². The van der Waals surface area contributed by atoms with E-state index in [1.165, 1.54) is 12.1 Å². The van der Waals surface area contributed by atoms with E-state index in [1.807, 2.05) is 13.8 Å². The molecule has 0 radical (unpaired) electrons. The Balaban J connectivity index is 3.09. The van der Waals surface area contributed by atoms with E-state index >= 15 is 0 Å². The van der Waals surface area contributed by atoms with E-state index < -0.39 is 11.8 Å². The normalized spacial score (nSPS) is 10.6. The van der Waals surface area contributed by atoms with E-state index in [2.05, 4.69) is 0 Å². The second kappa shape index (κ2) is 5.91. The fourth-order valence-electron chi connectivity index (χ4n) is 1.21. The highest BCUT2D eigenvalue weighted by Gasteiger charge is 2.15. The molecular weight excluding hydrogens is 243 g/mol. The van der Waals surface area contributed by atoms with E-state index in [9.17, 15) is 9.18 Å². The zero-order valence-electron chi connectivity index (χ0n) is 9.99. The van der Waals surface area contributed by atoms with Crippen LogP contribution in [0.5, 0.6) is 5.75 Å². The van der Waals surface area contributed by atoms with Crippen molar-refractivity contribution in [2.45, 2.75) is 18.7 Å². The van der Waals surface area contributed by atoms with Crippen molar-refractivity contribution in [3.8, 4) is 5.75 Å². The minimum absolute atomic E-state index is 0.00273. The monoisotopic (exact) mass is 258 g/mol. The van der Waals surface area contributed by atoms with Crippen LogP contribution in [0.3, 0.4) is 0 Å². The quantitative estimate of drug-likeness (QED) is 0.823. The summed E-state index contributed by atoms with van der Waals surface area (Å²) in [5.41, 5.74) is 0.0366. The molecule has 0 bridgehead atoms. The van der Waals surface area contributed by atoms with Crippen LogP contribution in [0.1, 0.15) is 24.2 Å². The summed E-state index contributed by atoms with van der Waals surface area (Å²) in [5.74, 6) is -1.33. The predicted molar refractivity (Wildman–Crippen MR) is 65.5 cm³/mol. The lowest BCUT2D eigenvalue weighted by Gasteiger charge is -2.12. The molecule has 0 aliphatic rings. The number of aromatic carboxylic acids is 1. The summed E-state index contributed by atoms with van der Waals surface area (Å²) < 4.78 is 19.1. The first-order valence-corrected chi connectivity index (χ1v) is 6.41. The molecule has 1 aromatic carbocycles. The average molecular weight is 258 g/mol. The summed E-state index contributed by atoms with van der Waals surface area (Å²) in [6, 6.07) is 2.53. The van der Waals surface area contributed by atoms with Crippen molar-refractivity contribution in [2.75, 3.05) is 12.9 Å². The maximum atomic E-state index is 13.8. The third kappa shape index (κ3) is 3.63. The highest BCUT2D eigenvalue weighted by molar-refractivity contribution is 7.98. The van der Waals surface area contributed by atoms with Crippen molar-refractivity contribution >= 4 is 17.7 Å². The highest BCUT2D eigenvalue weighted by atomic mass is 32.2. The molecule has 0 aliphatic heterocycles. The van der Waals surface area contributed by atoms with Gasteiger partial charge in [-0.25, -0.2) is 9.18 Å². The largest absolute Gasteiger partial charge is 0.490 e. The SMILES string of the molecule is CSc1cc(C(=O)O)cc(OCC(C)C)c1F. The molecule has 1 rings (SSSR count). The molecule has 0 unspecified atom stereocenters. The molecular formula is C12H15FO3S. The summed E-state index contributed by atoms with van der Waals surface area (Å²) in [6.07, 6.45) is 1.69. The number of carboxylic acid groups (broad SMARTS) is 1. The number of carbonyl (C=O) groups is 1. The van der Waals surface area contributed by atoms with Gasteiger partial charge in [0.15, 0.2) is 11.6 Å². The lowest BCUT2D eigenvalue weighted by atomic mass is 10.2. The minimum Gasteiger partial charge on any atom is -0.490 e. The van der Waals surface area contributed by atoms with Crippen molar-refractivity contribution in [3.05, 3.63) is 23.5 Å². The first-order chi connectivity index (χ1) is 7.95. The molecule has 17 heavy (non-hydrogen) atoms. The van der Waals surface area contributed by atoms with Crippen LogP contribution in [0.15, 0.2) is 17.0 Å². The summed E-state index contributed by atoms with van der Waals surface area (Å²) in [6.45, 7) is 4.23. The van der Waals surface area contributed by atoms with E-state index in [4.69, 9.17) is 9.84 Å². The van der Waals surface area contributed by atoms with Gasteiger partial charge in [-0.3, -0.25) is 0 Å². The molecule has 0 atom stereocenters. The summed E-state index contributed by atoms with van der Waals surface area (Å²) in [5, 5.41) is 8.91. The zero-order valence-corrected chi connectivity index (χ0v) is 10.8. The molecule has 0 amide bonds. The summed E-state index contributed by atoms with van der Waals surface area (Å²) >= 11 is 1.16. The number of thioether (sulfide) groups is 1. The van der Waals surface area contributed by atoms with Crippen LogP contribution in [0.25, 0.3) is 0 Å². The molecule has 0 saturated carbocycles. The maximum absolute atomic E-state index is 13.8. The standard InChI is InChI=1S/C12H15FO3S/c1-7(2)6-16-9-4-8(12(14)15)5-10(17-3)11(9)13/h4-5,7H,6H2,1-3H3,(H,14,15). The van der Waals surface area contributed by atoms with E-state index in [1.54, 1.807) is 6.26 Å². The number of ether oxygens (including phenoxy) is 1. The molecule has 0 saturated heterocycles. The van der Waals surface area contributed by atoms with Gasteiger partial charge in [0.05, 0.1) is 12.2 Å². The predicted octanol–water partition coefficient (Wildman–Crippen LogP) is 3.28. The topological polar surface area (TPSA) is 46.5 Å². The van der Waals surface area contributed by atoms with Gasteiger partial charge in [0.2, 0.25) is 0 Å². The minimum atomic E-state index is -1.09. The van der Waals surface area contributed by atoms with Gasteiger partial charge in [0.1, 0.15) is 0 Å². The Hall–Kier alpha value is -1.23. The number of hydrogen-bond donors (Lipinski definition) is 1. The second-order valence-electron chi connectivity index (χ2n) is 4.00. The van der Waals surface area contributed by atoms with Gasteiger partial charge in [-0.1, -0.05) is 13.8 Å². The fraction of sp³-hybridized carbons (Fsp3) is 0.417. The summed E-state index contributed by atoms with van der Waals surface area (Å²) in [7, 11) is 0. The number of halogens is 1. The Morgan fingerprint density at radius 1 is 1.53 bits per heavy atom. The van der Waals surface area contributed by atoms with Crippen LogP contribution in [0.2, 0.25) is 0 Å².